The van der Waals surface area contributed by atoms with Gasteiger partial charge < -0.3 is 9.47 Å². The topological polar surface area (TPSA) is 18.5 Å². The fourth-order valence-corrected chi connectivity index (χ4v) is 3.16. The first-order valence-corrected chi connectivity index (χ1v) is 7.39. The second-order valence-corrected chi connectivity index (χ2v) is 5.53. The van der Waals surface area contributed by atoms with Crippen LogP contribution < -0.4 is 4.74 Å². The van der Waals surface area contributed by atoms with E-state index >= 15 is 0 Å². The van der Waals surface area contributed by atoms with Crippen LogP contribution in [0, 0.1) is 0 Å². The first kappa shape index (κ1) is 12.7. The molecule has 1 aromatic rings. The van der Waals surface area contributed by atoms with E-state index in [1.807, 2.05) is 6.08 Å². The lowest BCUT2D eigenvalue weighted by molar-refractivity contribution is -0.105. The summed E-state index contributed by atoms with van der Waals surface area (Å²) in [4.78, 5) is 0. The number of fused-ring (bicyclic) bond motifs is 1. The van der Waals surface area contributed by atoms with Crippen molar-refractivity contribution in [2.24, 2.45) is 0 Å². The minimum Gasteiger partial charge on any atom is -0.465 e. The van der Waals surface area contributed by atoms with E-state index in [9.17, 15) is 0 Å². The summed E-state index contributed by atoms with van der Waals surface area (Å²) < 4.78 is 11.6. The van der Waals surface area contributed by atoms with Gasteiger partial charge in [-0.2, -0.15) is 0 Å². The second kappa shape index (κ2) is 5.79. The van der Waals surface area contributed by atoms with Crippen molar-refractivity contribution in [1.82, 2.24) is 0 Å². The third-order valence-electron chi connectivity index (χ3n) is 4.17. The molecule has 0 aromatic heterocycles. The number of benzene rings is 1. The molecule has 2 nitrogen and oxygen atoms in total. The zero-order valence-corrected chi connectivity index (χ0v) is 11.4. The van der Waals surface area contributed by atoms with Crippen molar-refractivity contribution in [2.45, 2.75) is 50.7 Å². The van der Waals surface area contributed by atoms with Gasteiger partial charge in [-0.1, -0.05) is 12.1 Å². The molecule has 2 aliphatic rings. The van der Waals surface area contributed by atoms with Crippen LogP contribution in [0.3, 0.4) is 0 Å². The Kier molecular flexibility index (Phi) is 3.88. The molecule has 102 valence electrons. The summed E-state index contributed by atoms with van der Waals surface area (Å²) in [5, 5.41) is 0. The Balaban J connectivity index is 1.69. The second-order valence-electron chi connectivity index (χ2n) is 5.53. The highest BCUT2D eigenvalue weighted by atomic mass is 16.7. The molecule has 2 unspecified atom stereocenters. The minimum absolute atomic E-state index is 0.0443. The van der Waals surface area contributed by atoms with E-state index in [-0.39, 0.29) is 6.29 Å². The summed E-state index contributed by atoms with van der Waals surface area (Å²) >= 11 is 0. The molecular formula is C17H22O2. The first-order valence-electron chi connectivity index (χ1n) is 7.39. The number of hydrogen-bond acceptors (Lipinski definition) is 2. The van der Waals surface area contributed by atoms with Crippen molar-refractivity contribution in [3.63, 3.8) is 0 Å². The van der Waals surface area contributed by atoms with E-state index in [4.69, 9.17) is 9.47 Å². The summed E-state index contributed by atoms with van der Waals surface area (Å²) in [5.74, 6) is 1.62. The Morgan fingerprint density at radius 2 is 2.26 bits per heavy atom. The normalized spacial score (nSPS) is 25.9. The lowest BCUT2D eigenvalue weighted by Crippen LogP contribution is -2.25. The fraction of sp³-hybridized carbons (Fsp3) is 0.529. The number of ether oxygens (including phenoxy) is 2. The molecule has 0 spiro atoms. The van der Waals surface area contributed by atoms with E-state index in [0.717, 1.165) is 38.0 Å². The van der Waals surface area contributed by atoms with Crippen molar-refractivity contribution < 1.29 is 9.47 Å². The molecule has 0 N–H and O–H groups in total. The lowest BCUT2D eigenvalue weighted by Gasteiger charge is -2.23. The Labute approximate surface area is 115 Å². The molecule has 1 saturated heterocycles. The van der Waals surface area contributed by atoms with Crippen LogP contribution in [0.5, 0.6) is 5.75 Å². The lowest BCUT2D eigenvalue weighted by atomic mass is 9.98. The Bertz CT molecular complexity index is 447. The first-order chi connectivity index (χ1) is 9.36. The molecule has 2 heteroatoms. The summed E-state index contributed by atoms with van der Waals surface area (Å²) in [5.41, 5.74) is 2.93. The summed E-state index contributed by atoms with van der Waals surface area (Å²) in [7, 11) is 0. The van der Waals surface area contributed by atoms with Crippen molar-refractivity contribution in [3.8, 4) is 5.75 Å². The summed E-state index contributed by atoms with van der Waals surface area (Å²) in [6.45, 7) is 4.68. The summed E-state index contributed by atoms with van der Waals surface area (Å²) in [6, 6.07) is 6.53. The number of aryl methyl sites for hydroxylation is 1. The van der Waals surface area contributed by atoms with Crippen LogP contribution in [0.25, 0.3) is 0 Å². The van der Waals surface area contributed by atoms with Crippen LogP contribution in [0.2, 0.25) is 0 Å². The third kappa shape index (κ3) is 2.84. The van der Waals surface area contributed by atoms with Gasteiger partial charge in [-0.25, -0.2) is 0 Å². The van der Waals surface area contributed by atoms with Crippen LogP contribution in [0.15, 0.2) is 30.9 Å². The number of allylic oxidation sites excluding steroid dienone is 1. The van der Waals surface area contributed by atoms with Gasteiger partial charge in [0.15, 0.2) is 6.29 Å². The zero-order valence-electron chi connectivity index (χ0n) is 11.4. The van der Waals surface area contributed by atoms with Crippen LogP contribution >= 0.6 is 0 Å². The maximum atomic E-state index is 5.93. The molecule has 3 rings (SSSR count). The molecular weight excluding hydrogens is 236 g/mol. The highest BCUT2D eigenvalue weighted by Crippen LogP contribution is 2.37. The molecule has 1 aliphatic carbocycles. The van der Waals surface area contributed by atoms with Crippen LogP contribution in [-0.2, 0) is 11.2 Å². The highest BCUT2D eigenvalue weighted by Gasteiger charge is 2.22. The Hall–Kier alpha value is -1.28. The van der Waals surface area contributed by atoms with Gasteiger partial charge >= 0.3 is 0 Å². The number of rotatable bonds is 4. The van der Waals surface area contributed by atoms with E-state index in [2.05, 4.69) is 24.8 Å². The quantitative estimate of drug-likeness (QED) is 0.754. The SMILES string of the molecule is C=CCC1CCc2cc(OC3CCCCO3)ccc21. The van der Waals surface area contributed by atoms with E-state index in [1.165, 1.54) is 24.0 Å². The van der Waals surface area contributed by atoms with E-state index in [1.54, 1.807) is 0 Å². The molecule has 0 bridgehead atoms. The fourth-order valence-electron chi connectivity index (χ4n) is 3.16. The smallest absolute Gasteiger partial charge is 0.199 e. The predicted octanol–water partition coefficient (Wildman–Crippen LogP) is 4.20. The zero-order chi connectivity index (χ0) is 13.1. The maximum Gasteiger partial charge on any atom is 0.199 e. The van der Waals surface area contributed by atoms with E-state index < -0.39 is 0 Å². The number of hydrogen-bond donors (Lipinski definition) is 0. The van der Waals surface area contributed by atoms with E-state index in [0.29, 0.717) is 5.92 Å². The van der Waals surface area contributed by atoms with Gasteiger partial charge in [0.1, 0.15) is 5.75 Å². The predicted molar refractivity (Wildman–Crippen MR) is 76.5 cm³/mol. The average molecular weight is 258 g/mol. The Morgan fingerprint density at radius 1 is 1.32 bits per heavy atom. The van der Waals surface area contributed by atoms with Gasteiger partial charge in [-0.3, -0.25) is 0 Å². The Morgan fingerprint density at radius 3 is 3.05 bits per heavy atom. The largest absolute Gasteiger partial charge is 0.465 e. The molecule has 1 fully saturated rings. The van der Waals surface area contributed by atoms with Gasteiger partial charge in [0.25, 0.3) is 0 Å². The monoisotopic (exact) mass is 258 g/mol. The third-order valence-corrected chi connectivity index (χ3v) is 4.17. The van der Waals surface area contributed by atoms with Gasteiger partial charge in [-0.05, 0) is 61.3 Å². The van der Waals surface area contributed by atoms with Crippen molar-refractivity contribution in [3.05, 3.63) is 42.0 Å². The molecule has 0 saturated carbocycles. The van der Waals surface area contributed by atoms with Gasteiger partial charge in [0, 0.05) is 6.42 Å². The van der Waals surface area contributed by atoms with Crippen molar-refractivity contribution in [2.75, 3.05) is 6.61 Å². The van der Waals surface area contributed by atoms with Crippen LogP contribution in [0.1, 0.15) is 49.1 Å². The van der Waals surface area contributed by atoms with Crippen molar-refractivity contribution in [1.29, 1.82) is 0 Å². The molecule has 2 atom stereocenters. The highest BCUT2D eigenvalue weighted by molar-refractivity contribution is 5.41. The molecule has 1 aliphatic heterocycles. The molecule has 19 heavy (non-hydrogen) atoms. The maximum absolute atomic E-state index is 5.93. The summed E-state index contributed by atoms with van der Waals surface area (Å²) in [6.07, 6.45) is 8.85. The van der Waals surface area contributed by atoms with Gasteiger partial charge in [0.2, 0.25) is 0 Å². The minimum atomic E-state index is -0.0443. The average Bonchev–Trinajstić information content (AvgIpc) is 2.83. The van der Waals surface area contributed by atoms with Crippen molar-refractivity contribution >= 4 is 0 Å². The molecule has 0 amide bonds. The van der Waals surface area contributed by atoms with Crippen LogP contribution in [0.4, 0.5) is 0 Å². The standard InChI is InChI=1S/C17H22O2/c1-2-5-13-7-8-14-12-15(9-10-16(13)14)19-17-6-3-4-11-18-17/h2,9-10,12-13,17H,1,3-8,11H2. The van der Waals surface area contributed by atoms with Crippen LogP contribution in [-0.4, -0.2) is 12.9 Å². The molecule has 1 heterocycles. The van der Waals surface area contributed by atoms with Gasteiger partial charge in [-0.15, -0.1) is 6.58 Å². The molecule has 1 aromatic carbocycles. The van der Waals surface area contributed by atoms with Gasteiger partial charge in [0.05, 0.1) is 6.61 Å². The molecule has 0 radical (unpaired) electrons.